The first kappa shape index (κ1) is 16.8. The van der Waals surface area contributed by atoms with Gasteiger partial charge in [0.25, 0.3) is 5.91 Å². The largest absolute Gasteiger partial charge is 0.347 e. The first-order chi connectivity index (χ1) is 13.1. The molecule has 4 rings (SSSR count). The van der Waals surface area contributed by atoms with Crippen molar-refractivity contribution < 1.29 is 9.18 Å². The average molecular weight is 359 g/mol. The molecule has 0 atom stereocenters. The number of allylic oxidation sites excluding steroid dienone is 1. The lowest BCUT2D eigenvalue weighted by molar-refractivity contribution is 0.0946. The molecule has 1 amide bonds. The maximum absolute atomic E-state index is 13.3. The fraction of sp³-hybridized carbons (Fsp3) is 0.0455. The first-order valence-electron chi connectivity index (χ1n) is 8.59. The van der Waals surface area contributed by atoms with Crippen molar-refractivity contribution in [2.24, 2.45) is 0 Å². The third-order valence-electron chi connectivity index (χ3n) is 4.42. The van der Waals surface area contributed by atoms with E-state index in [2.05, 4.69) is 16.9 Å². The zero-order chi connectivity index (χ0) is 18.8. The van der Waals surface area contributed by atoms with Crippen molar-refractivity contribution in [1.29, 1.82) is 0 Å². The zero-order valence-electron chi connectivity index (χ0n) is 14.6. The predicted octanol–water partition coefficient (Wildman–Crippen LogP) is 4.76. The van der Waals surface area contributed by atoms with E-state index in [-0.39, 0.29) is 11.7 Å². The molecule has 134 valence electrons. The highest BCUT2D eigenvalue weighted by molar-refractivity contribution is 5.96. The van der Waals surface area contributed by atoms with E-state index in [0.29, 0.717) is 12.2 Å². The van der Waals surface area contributed by atoms with E-state index >= 15 is 0 Å². The van der Waals surface area contributed by atoms with Crippen molar-refractivity contribution in [2.75, 3.05) is 4.90 Å². The summed E-state index contributed by atoms with van der Waals surface area (Å²) in [6.07, 6.45) is 3.77. The quantitative estimate of drug-likeness (QED) is 0.705. The van der Waals surface area contributed by atoms with Crippen LogP contribution < -0.4 is 10.2 Å². The molecule has 4 nitrogen and oxygen atoms in total. The van der Waals surface area contributed by atoms with Crippen LogP contribution in [0, 0.1) is 5.82 Å². The van der Waals surface area contributed by atoms with Crippen LogP contribution in [-0.4, -0.2) is 10.9 Å². The molecule has 2 aromatic carbocycles. The molecule has 27 heavy (non-hydrogen) atoms. The summed E-state index contributed by atoms with van der Waals surface area (Å²) in [5.41, 5.74) is 3.86. The van der Waals surface area contributed by atoms with Gasteiger partial charge in [0, 0.05) is 23.5 Å². The Bertz CT molecular complexity index is 1020. The Morgan fingerprint density at radius 2 is 1.81 bits per heavy atom. The molecule has 5 heteroatoms. The maximum Gasteiger partial charge on any atom is 0.268 e. The third-order valence-corrected chi connectivity index (χ3v) is 4.42. The predicted molar refractivity (Wildman–Crippen MR) is 105 cm³/mol. The number of carbonyl (C=O) groups is 1. The van der Waals surface area contributed by atoms with Gasteiger partial charge in [-0.05, 0) is 48.0 Å². The highest BCUT2D eigenvalue weighted by Crippen LogP contribution is 2.36. The molecular formula is C22H18FN3O. The normalized spacial score (nSPS) is 12.8. The summed E-state index contributed by atoms with van der Waals surface area (Å²) < 4.78 is 13.3. The summed E-state index contributed by atoms with van der Waals surface area (Å²) in [6, 6.07) is 17.7. The fourth-order valence-corrected chi connectivity index (χ4v) is 3.06. The van der Waals surface area contributed by atoms with Crippen molar-refractivity contribution in [3.8, 4) is 0 Å². The minimum absolute atomic E-state index is 0.189. The number of aromatic nitrogens is 1. The number of fused-ring (bicyclic) bond motifs is 1. The van der Waals surface area contributed by atoms with E-state index in [1.54, 1.807) is 18.2 Å². The molecule has 0 radical (unpaired) electrons. The number of hydrogen-bond donors (Lipinski definition) is 2. The number of rotatable bonds is 4. The van der Waals surface area contributed by atoms with Crippen LogP contribution >= 0.6 is 0 Å². The molecule has 0 spiro atoms. The van der Waals surface area contributed by atoms with Crippen LogP contribution in [0.5, 0.6) is 0 Å². The number of carbonyl (C=O) groups excluding carboxylic acids is 1. The van der Waals surface area contributed by atoms with E-state index in [1.165, 1.54) is 12.1 Å². The highest BCUT2D eigenvalue weighted by Gasteiger charge is 2.22. The van der Waals surface area contributed by atoms with Gasteiger partial charge in [0.15, 0.2) is 0 Å². The van der Waals surface area contributed by atoms with Crippen molar-refractivity contribution >= 4 is 23.5 Å². The average Bonchev–Trinajstić information content (AvgIpc) is 3.12. The van der Waals surface area contributed by atoms with Gasteiger partial charge in [0.05, 0.1) is 0 Å². The van der Waals surface area contributed by atoms with Gasteiger partial charge in [0.2, 0.25) is 0 Å². The van der Waals surface area contributed by atoms with Crippen LogP contribution in [0.25, 0.3) is 6.08 Å². The van der Waals surface area contributed by atoms with Gasteiger partial charge in [0.1, 0.15) is 17.3 Å². The topological polar surface area (TPSA) is 48.1 Å². The number of nitrogens with one attached hydrogen (secondary N) is 2. The molecule has 0 saturated heterocycles. The second kappa shape index (κ2) is 6.96. The minimum atomic E-state index is -0.301. The van der Waals surface area contributed by atoms with Crippen LogP contribution in [0.4, 0.5) is 15.9 Å². The summed E-state index contributed by atoms with van der Waals surface area (Å²) in [6.45, 7) is 4.50. The van der Waals surface area contributed by atoms with Gasteiger partial charge >= 0.3 is 0 Å². The Balaban J connectivity index is 1.58. The highest BCUT2D eigenvalue weighted by atomic mass is 19.1. The number of amides is 1. The van der Waals surface area contributed by atoms with Crippen LogP contribution in [0.2, 0.25) is 0 Å². The maximum atomic E-state index is 13.3. The molecule has 1 aliphatic heterocycles. The summed E-state index contributed by atoms with van der Waals surface area (Å²) in [7, 11) is 0. The van der Waals surface area contributed by atoms with Crippen molar-refractivity contribution in [2.45, 2.75) is 6.54 Å². The number of anilines is 2. The summed E-state index contributed by atoms with van der Waals surface area (Å²) in [5, 5.41) is 2.91. The van der Waals surface area contributed by atoms with E-state index < -0.39 is 0 Å². The number of halogens is 1. The van der Waals surface area contributed by atoms with E-state index in [1.807, 2.05) is 47.4 Å². The van der Waals surface area contributed by atoms with Gasteiger partial charge in [-0.3, -0.25) is 9.69 Å². The molecule has 0 aliphatic carbocycles. The van der Waals surface area contributed by atoms with E-state index in [9.17, 15) is 9.18 Å². The molecule has 0 fully saturated rings. The molecule has 0 unspecified atom stereocenters. The monoisotopic (exact) mass is 359 g/mol. The number of nitrogens with zero attached hydrogens (tertiary/aromatic N) is 1. The van der Waals surface area contributed by atoms with Gasteiger partial charge in [-0.25, -0.2) is 4.39 Å². The lowest BCUT2D eigenvalue weighted by atomic mass is 10.1. The number of hydrogen-bond acceptors (Lipinski definition) is 2. The molecule has 0 bridgehead atoms. The van der Waals surface area contributed by atoms with Crippen LogP contribution in [0.1, 0.15) is 21.6 Å². The SMILES string of the molecule is C=C1C=Cc2cc(C(=O)NCc3ccccc3)[nH]c2N1c1ccc(F)cc1. The first-order valence-corrected chi connectivity index (χ1v) is 8.59. The molecular weight excluding hydrogens is 341 g/mol. The number of aromatic amines is 1. The molecule has 2 heterocycles. The minimum Gasteiger partial charge on any atom is -0.347 e. The lowest BCUT2D eigenvalue weighted by Crippen LogP contribution is -2.23. The summed E-state index contributed by atoms with van der Waals surface area (Å²) in [5.74, 6) is 0.245. The summed E-state index contributed by atoms with van der Waals surface area (Å²) >= 11 is 0. The van der Waals surface area contributed by atoms with Crippen molar-refractivity contribution in [3.05, 3.63) is 102 Å². The van der Waals surface area contributed by atoms with Gasteiger partial charge in [-0.2, -0.15) is 0 Å². The molecule has 1 aliphatic rings. The Morgan fingerprint density at radius 3 is 2.56 bits per heavy atom. The van der Waals surface area contributed by atoms with Crippen LogP contribution in [0.15, 0.2) is 79.0 Å². The summed E-state index contributed by atoms with van der Waals surface area (Å²) in [4.78, 5) is 17.6. The Morgan fingerprint density at radius 1 is 1.07 bits per heavy atom. The Labute approximate surface area is 156 Å². The number of H-pyrrole nitrogens is 1. The lowest BCUT2D eigenvalue weighted by Gasteiger charge is -2.27. The van der Waals surface area contributed by atoms with E-state index in [4.69, 9.17) is 0 Å². The van der Waals surface area contributed by atoms with Crippen LogP contribution in [0.3, 0.4) is 0 Å². The second-order valence-corrected chi connectivity index (χ2v) is 6.29. The Kier molecular flexibility index (Phi) is 4.34. The molecule has 0 saturated carbocycles. The molecule has 2 N–H and O–H groups in total. The fourth-order valence-electron chi connectivity index (χ4n) is 3.06. The van der Waals surface area contributed by atoms with Gasteiger partial charge in [-0.15, -0.1) is 0 Å². The van der Waals surface area contributed by atoms with Crippen LogP contribution in [-0.2, 0) is 6.54 Å². The Hall–Kier alpha value is -3.60. The van der Waals surface area contributed by atoms with Gasteiger partial charge < -0.3 is 10.3 Å². The molecule has 1 aromatic heterocycles. The van der Waals surface area contributed by atoms with Crippen molar-refractivity contribution in [3.63, 3.8) is 0 Å². The van der Waals surface area contributed by atoms with Gasteiger partial charge in [-0.1, -0.05) is 36.9 Å². The van der Waals surface area contributed by atoms with E-state index in [0.717, 1.165) is 28.3 Å². The smallest absolute Gasteiger partial charge is 0.268 e. The van der Waals surface area contributed by atoms with Crippen molar-refractivity contribution in [1.82, 2.24) is 10.3 Å². The standard InChI is InChI=1S/C22H18FN3O/c1-15-7-8-17-13-20(22(27)24-14-16-5-3-2-4-6-16)25-21(17)26(15)19-11-9-18(23)10-12-19/h2-13,25H,1,14H2,(H,24,27). The third kappa shape index (κ3) is 3.40. The molecule has 3 aromatic rings. The second-order valence-electron chi connectivity index (χ2n) is 6.29. The zero-order valence-corrected chi connectivity index (χ0v) is 14.6. The number of benzene rings is 2.